The summed E-state index contributed by atoms with van der Waals surface area (Å²) in [5.74, 6) is -0.187. The molecular formula is C13H16N2O2. The van der Waals surface area contributed by atoms with Crippen LogP contribution in [-0.2, 0) is 6.42 Å². The molecule has 0 radical (unpaired) electrons. The Morgan fingerprint density at radius 3 is 2.94 bits per heavy atom. The predicted octanol–water partition coefficient (Wildman–Crippen LogP) is 1.45. The van der Waals surface area contributed by atoms with E-state index in [0.29, 0.717) is 5.69 Å². The van der Waals surface area contributed by atoms with E-state index in [-0.39, 0.29) is 19.1 Å². The van der Waals surface area contributed by atoms with E-state index in [0.717, 1.165) is 17.3 Å². The van der Waals surface area contributed by atoms with Gasteiger partial charge in [0.05, 0.1) is 6.61 Å². The number of hydrogen-bond donors (Lipinski definition) is 3. The van der Waals surface area contributed by atoms with Gasteiger partial charge in [-0.3, -0.25) is 4.79 Å². The maximum Gasteiger partial charge on any atom is 0.267 e. The van der Waals surface area contributed by atoms with E-state index < -0.39 is 0 Å². The Balaban J connectivity index is 2.28. The van der Waals surface area contributed by atoms with Crippen molar-refractivity contribution in [3.8, 4) is 0 Å². The molecule has 0 aliphatic rings. The Bertz CT molecular complexity index is 531. The van der Waals surface area contributed by atoms with Crippen LogP contribution >= 0.6 is 0 Å². The lowest BCUT2D eigenvalue weighted by atomic mass is 10.1. The van der Waals surface area contributed by atoms with Crippen LogP contribution in [0.1, 0.15) is 23.0 Å². The molecule has 0 fully saturated rings. The van der Waals surface area contributed by atoms with Crippen LogP contribution < -0.4 is 5.32 Å². The van der Waals surface area contributed by atoms with Gasteiger partial charge in [-0.25, -0.2) is 0 Å². The van der Waals surface area contributed by atoms with Crippen LogP contribution in [0, 0.1) is 0 Å². The molecule has 0 aliphatic carbocycles. The maximum absolute atomic E-state index is 11.7. The number of rotatable bonds is 4. The standard InChI is InChI=1S/C13H16N2O2/c1-2-9-3-4-11-10(7-9)8-12(15-11)13(17)14-5-6-16/h3-4,7-8,15-16H,2,5-6H2,1H3,(H,14,17). The Labute approximate surface area is 99.7 Å². The Kier molecular flexibility index (Phi) is 3.44. The molecule has 0 saturated heterocycles. The second-order valence-electron chi connectivity index (χ2n) is 3.94. The maximum atomic E-state index is 11.7. The number of H-pyrrole nitrogens is 1. The molecular weight excluding hydrogens is 216 g/mol. The monoisotopic (exact) mass is 232 g/mol. The molecule has 4 heteroatoms. The van der Waals surface area contributed by atoms with E-state index in [1.54, 1.807) is 0 Å². The summed E-state index contributed by atoms with van der Waals surface area (Å²) < 4.78 is 0. The van der Waals surface area contributed by atoms with Gasteiger partial charge < -0.3 is 15.4 Å². The fourth-order valence-corrected chi connectivity index (χ4v) is 1.79. The number of aliphatic hydroxyl groups is 1. The van der Waals surface area contributed by atoms with Crippen molar-refractivity contribution in [2.45, 2.75) is 13.3 Å². The number of benzene rings is 1. The molecule has 0 spiro atoms. The summed E-state index contributed by atoms with van der Waals surface area (Å²) in [6.07, 6.45) is 0.979. The summed E-state index contributed by atoms with van der Waals surface area (Å²) in [4.78, 5) is 14.7. The SMILES string of the molecule is CCc1ccc2[nH]c(C(=O)NCCO)cc2c1. The Hall–Kier alpha value is -1.81. The quantitative estimate of drug-likeness (QED) is 0.747. The molecule has 0 aliphatic heterocycles. The summed E-state index contributed by atoms with van der Waals surface area (Å²) in [5.41, 5.74) is 2.73. The van der Waals surface area contributed by atoms with Gasteiger partial charge in [0.2, 0.25) is 0 Å². The minimum Gasteiger partial charge on any atom is -0.395 e. The van der Waals surface area contributed by atoms with Crippen LogP contribution in [0.25, 0.3) is 10.9 Å². The normalized spacial score (nSPS) is 10.7. The molecule has 0 saturated carbocycles. The van der Waals surface area contributed by atoms with Crippen LogP contribution in [0.3, 0.4) is 0 Å². The molecule has 1 heterocycles. The highest BCUT2D eigenvalue weighted by molar-refractivity contribution is 5.98. The van der Waals surface area contributed by atoms with Gasteiger partial charge in [0, 0.05) is 17.4 Å². The molecule has 0 atom stereocenters. The Morgan fingerprint density at radius 1 is 1.41 bits per heavy atom. The molecule has 17 heavy (non-hydrogen) atoms. The summed E-state index contributed by atoms with van der Waals surface area (Å²) >= 11 is 0. The first-order chi connectivity index (χ1) is 8.24. The van der Waals surface area contributed by atoms with E-state index in [1.807, 2.05) is 18.2 Å². The van der Waals surface area contributed by atoms with Crippen molar-refractivity contribution >= 4 is 16.8 Å². The summed E-state index contributed by atoms with van der Waals surface area (Å²) in [5, 5.41) is 12.3. The second-order valence-corrected chi connectivity index (χ2v) is 3.94. The number of fused-ring (bicyclic) bond motifs is 1. The van der Waals surface area contributed by atoms with Crippen molar-refractivity contribution in [1.82, 2.24) is 10.3 Å². The molecule has 3 N–H and O–H groups in total. The highest BCUT2D eigenvalue weighted by Gasteiger charge is 2.08. The first kappa shape index (κ1) is 11.7. The van der Waals surface area contributed by atoms with Gasteiger partial charge in [0.25, 0.3) is 5.91 Å². The van der Waals surface area contributed by atoms with Gasteiger partial charge in [-0.2, -0.15) is 0 Å². The fourth-order valence-electron chi connectivity index (χ4n) is 1.79. The number of aromatic amines is 1. The van der Waals surface area contributed by atoms with E-state index in [4.69, 9.17) is 5.11 Å². The minimum atomic E-state index is -0.187. The molecule has 4 nitrogen and oxygen atoms in total. The largest absolute Gasteiger partial charge is 0.395 e. The fraction of sp³-hybridized carbons (Fsp3) is 0.308. The van der Waals surface area contributed by atoms with Crippen molar-refractivity contribution in [2.75, 3.05) is 13.2 Å². The number of nitrogens with one attached hydrogen (secondary N) is 2. The summed E-state index contributed by atoms with van der Waals surface area (Å²) in [6, 6.07) is 7.95. The molecule has 2 rings (SSSR count). The third-order valence-corrected chi connectivity index (χ3v) is 2.74. The second kappa shape index (κ2) is 5.01. The van der Waals surface area contributed by atoms with E-state index in [9.17, 15) is 4.79 Å². The summed E-state index contributed by atoms with van der Waals surface area (Å²) in [6.45, 7) is 2.32. The minimum absolute atomic E-state index is 0.0497. The number of hydrogen-bond acceptors (Lipinski definition) is 2. The molecule has 1 amide bonds. The van der Waals surface area contributed by atoms with E-state index in [2.05, 4.69) is 23.3 Å². The van der Waals surface area contributed by atoms with Gasteiger partial charge in [-0.1, -0.05) is 13.0 Å². The topological polar surface area (TPSA) is 65.1 Å². The third kappa shape index (κ3) is 2.47. The lowest BCUT2D eigenvalue weighted by Crippen LogP contribution is -2.26. The van der Waals surface area contributed by atoms with Crippen molar-refractivity contribution in [2.24, 2.45) is 0 Å². The highest BCUT2D eigenvalue weighted by atomic mass is 16.3. The zero-order valence-corrected chi connectivity index (χ0v) is 9.79. The first-order valence-electron chi connectivity index (χ1n) is 5.75. The van der Waals surface area contributed by atoms with Crippen LogP contribution in [0.2, 0.25) is 0 Å². The van der Waals surface area contributed by atoms with Crippen molar-refractivity contribution in [3.63, 3.8) is 0 Å². The number of aryl methyl sites for hydroxylation is 1. The highest BCUT2D eigenvalue weighted by Crippen LogP contribution is 2.17. The Morgan fingerprint density at radius 2 is 2.24 bits per heavy atom. The number of aromatic nitrogens is 1. The van der Waals surface area contributed by atoms with Crippen LogP contribution in [0.5, 0.6) is 0 Å². The van der Waals surface area contributed by atoms with Crippen LogP contribution in [-0.4, -0.2) is 29.1 Å². The number of aliphatic hydroxyl groups excluding tert-OH is 1. The molecule has 1 aromatic heterocycles. The average molecular weight is 232 g/mol. The molecule has 0 bridgehead atoms. The van der Waals surface area contributed by atoms with Crippen molar-refractivity contribution in [3.05, 3.63) is 35.5 Å². The zero-order chi connectivity index (χ0) is 12.3. The lowest BCUT2D eigenvalue weighted by Gasteiger charge is -1.99. The molecule has 90 valence electrons. The van der Waals surface area contributed by atoms with Gasteiger partial charge >= 0.3 is 0 Å². The number of amides is 1. The predicted molar refractivity (Wildman–Crippen MR) is 67.1 cm³/mol. The third-order valence-electron chi connectivity index (χ3n) is 2.74. The average Bonchev–Trinajstić information content (AvgIpc) is 2.78. The van der Waals surface area contributed by atoms with Gasteiger partial charge in [-0.15, -0.1) is 0 Å². The van der Waals surface area contributed by atoms with Crippen molar-refractivity contribution in [1.29, 1.82) is 0 Å². The summed E-state index contributed by atoms with van der Waals surface area (Å²) in [7, 11) is 0. The molecule has 1 aromatic carbocycles. The zero-order valence-electron chi connectivity index (χ0n) is 9.79. The van der Waals surface area contributed by atoms with Crippen LogP contribution in [0.15, 0.2) is 24.3 Å². The van der Waals surface area contributed by atoms with E-state index >= 15 is 0 Å². The van der Waals surface area contributed by atoms with Crippen molar-refractivity contribution < 1.29 is 9.90 Å². The van der Waals surface area contributed by atoms with Crippen LogP contribution in [0.4, 0.5) is 0 Å². The molecule has 0 unspecified atom stereocenters. The van der Waals surface area contributed by atoms with Gasteiger partial charge in [0.15, 0.2) is 0 Å². The number of carbonyl (C=O) groups excluding carboxylic acids is 1. The van der Waals surface area contributed by atoms with E-state index in [1.165, 1.54) is 5.56 Å². The van der Waals surface area contributed by atoms with Gasteiger partial charge in [0.1, 0.15) is 5.69 Å². The molecule has 2 aromatic rings. The van der Waals surface area contributed by atoms with Gasteiger partial charge in [-0.05, 0) is 30.2 Å². The smallest absolute Gasteiger partial charge is 0.267 e. The first-order valence-corrected chi connectivity index (χ1v) is 5.75. The lowest BCUT2D eigenvalue weighted by molar-refractivity contribution is 0.0940. The number of carbonyl (C=O) groups is 1.